The number of benzene rings is 1. The van der Waals surface area contributed by atoms with Gasteiger partial charge in [0.2, 0.25) is 0 Å². The summed E-state index contributed by atoms with van der Waals surface area (Å²) in [5, 5.41) is 5.67. The van der Waals surface area contributed by atoms with Crippen LogP contribution in [0.2, 0.25) is 0 Å². The monoisotopic (exact) mass is 322 g/mol. The summed E-state index contributed by atoms with van der Waals surface area (Å²) in [6, 6.07) is 5.10. The number of urea groups is 1. The number of carbonyl (C=O) groups excluding carboxylic acids is 1. The van der Waals surface area contributed by atoms with Crippen molar-refractivity contribution in [3.8, 4) is 11.5 Å². The van der Waals surface area contributed by atoms with Crippen LogP contribution in [0.25, 0.3) is 0 Å². The Kier molecular flexibility index (Phi) is 8.95. The van der Waals surface area contributed by atoms with Crippen LogP contribution < -0.4 is 20.1 Å². The molecular weight excluding hydrogens is 292 g/mol. The van der Waals surface area contributed by atoms with Gasteiger partial charge in [-0.2, -0.15) is 0 Å². The second kappa shape index (κ2) is 10.8. The fourth-order valence-corrected chi connectivity index (χ4v) is 2.32. The SMILES string of the molecule is COc1ccc(NC(=O)NCCCCCCC(C)C)cc1OC. The van der Waals surface area contributed by atoms with E-state index in [1.165, 1.54) is 19.3 Å². The molecule has 0 radical (unpaired) electrons. The average Bonchev–Trinajstić information content (AvgIpc) is 2.53. The molecule has 1 aromatic rings. The van der Waals surface area contributed by atoms with Gasteiger partial charge in [-0.15, -0.1) is 0 Å². The summed E-state index contributed by atoms with van der Waals surface area (Å²) in [7, 11) is 3.15. The van der Waals surface area contributed by atoms with Crippen LogP contribution in [0.1, 0.15) is 46.0 Å². The fraction of sp³-hybridized carbons (Fsp3) is 0.611. The summed E-state index contributed by atoms with van der Waals surface area (Å²) in [5.74, 6) is 2.01. The Bertz CT molecular complexity index is 475. The molecule has 0 fully saturated rings. The predicted molar refractivity (Wildman–Crippen MR) is 94.5 cm³/mol. The third kappa shape index (κ3) is 7.77. The molecule has 1 aromatic carbocycles. The molecule has 0 heterocycles. The standard InChI is InChI=1S/C18H30N2O3/c1-14(2)9-7-5-6-8-12-19-18(21)20-15-10-11-16(22-3)17(13-15)23-4/h10-11,13-14H,5-9,12H2,1-4H3,(H2,19,20,21). The zero-order chi connectivity index (χ0) is 17.1. The molecule has 5 heteroatoms. The maximum atomic E-state index is 11.9. The van der Waals surface area contributed by atoms with Gasteiger partial charge in [-0.05, 0) is 24.5 Å². The van der Waals surface area contributed by atoms with E-state index in [0.29, 0.717) is 23.7 Å². The van der Waals surface area contributed by atoms with Crippen molar-refractivity contribution in [2.45, 2.75) is 46.0 Å². The summed E-state index contributed by atoms with van der Waals surface area (Å²) < 4.78 is 10.4. The van der Waals surface area contributed by atoms with Crippen LogP contribution >= 0.6 is 0 Å². The number of hydrogen-bond acceptors (Lipinski definition) is 3. The minimum atomic E-state index is -0.195. The molecule has 0 aliphatic carbocycles. The second-order valence-corrected chi connectivity index (χ2v) is 6.05. The van der Waals surface area contributed by atoms with Crippen molar-refractivity contribution in [2.75, 3.05) is 26.1 Å². The average molecular weight is 322 g/mol. The van der Waals surface area contributed by atoms with E-state index in [4.69, 9.17) is 9.47 Å². The van der Waals surface area contributed by atoms with Gasteiger partial charge in [0.15, 0.2) is 11.5 Å². The molecule has 2 amide bonds. The Morgan fingerprint density at radius 1 is 1.04 bits per heavy atom. The zero-order valence-corrected chi connectivity index (χ0v) is 14.8. The van der Waals surface area contributed by atoms with Crippen LogP contribution in [0, 0.1) is 5.92 Å². The minimum absolute atomic E-state index is 0.195. The van der Waals surface area contributed by atoms with Crippen LogP contribution in [-0.4, -0.2) is 26.8 Å². The van der Waals surface area contributed by atoms with Gasteiger partial charge >= 0.3 is 6.03 Å². The number of hydrogen-bond donors (Lipinski definition) is 2. The van der Waals surface area contributed by atoms with Crippen molar-refractivity contribution < 1.29 is 14.3 Å². The lowest BCUT2D eigenvalue weighted by molar-refractivity contribution is 0.252. The number of carbonyl (C=O) groups is 1. The molecule has 0 saturated carbocycles. The summed E-state index contributed by atoms with van der Waals surface area (Å²) >= 11 is 0. The number of anilines is 1. The van der Waals surface area contributed by atoms with Crippen molar-refractivity contribution in [3.05, 3.63) is 18.2 Å². The first-order valence-electron chi connectivity index (χ1n) is 8.33. The minimum Gasteiger partial charge on any atom is -0.493 e. The molecule has 0 spiro atoms. The molecule has 0 atom stereocenters. The van der Waals surface area contributed by atoms with Gasteiger partial charge < -0.3 is 20.1 Å². The zero-order valence-electron chi connectivity index (χ0n) is 14.8. The topological polar surface area (TPSA) is 59.6 Å². The largest absolute Gasteiger partial charge is 0.493 e. The highest BCUT2D eigenvalue weighted by molar-refractivity contribution is 5.89. The van der Waals surface area contributed by atoms with Crippen LogP contribution in [0.4, 0.5) is 10.5 Å². The first kappa shape index (κ1) is 19.1. The smallest absolute Gasteiger partial charge is 0.319 e. The number of rotatable bonds is 10. The van der Waals surface area contributed by atoms with Crippen LogP contribution in [-0.2, 0) is 0 Å². The molecule has 0 aliphatic rings. The van der Waals surface area contributed by atoms with Crippen LogP contribution in [0.3, 0.4) is 0 Å². The first-order valence-corrected chi connectivity index (χ1v) is 8.33. The van der Waals surface area contributed by atoms with E-state index in [-0.39, 0.29) is 6.03 Å². The third-order valence-corrected chi connectivity index (χ3v) is 3.64. The van der Waals surface area contributed by atoms with Crippen molar-refractivity contribution in [1.82, 2.24) is 5.32 Å². The highest BCUT2D eigenvalue weighted by Crippen LogP contribution is 2.29. The third-order valence-electron chi connectivity index (χ3n) is 3.64. The highest BCUT2D eigenvalue weighted by atomic mass is 16.5. The van der Waals surface area contributed by atoms with Gasteiger partial charge in [0.05, 0.1) is 14.2 Å². The van der Waals surface area contributed by atoms with Crippen molar-refractivity contribution >= 4 is 11.7 Å². The summed E-state index contributed by atoms with van der Waals surface area (Å²) in [4.78, 5) is 11.9. The van der Waals surface area contributed by atoms with E-state index < -0.39 is 0 Å². The van der Waals surface area contributed by atoms with Crippen LogP contribution in [0.15, 0.2) is 18.2 Å². The number of nitrogens with one attached hydrogen (secondary N) is 2. The van der Waals surface area contributed by atoms with E-state index in [1.807, 2.05) is 0 Å². The highest BCUT2D eigenvalue weighted by Gasteiger charge is 2.06. The van der Waals surface area contributed by atoms with E-state index in [0.717, 1.165) is 18.8 Å². The number of ether oxygens (including phenoxy) is 2. The molecule has 1 rings (SSSR count). The lowest BCUT2D eigenvalue weighted by Crippen LogP contribution is -2.29. The van der Waals surface area contributed by atoms with Crippen molar-refractivity contribution in [1.29, 1.82) is 0 Å². The summed E-state index contributed by atoms with van der Waals surface area (Å²) in [6.45, 7) is 5.20. The molecular formula is C18H30N2O3. The van der Waals surface area contributed by atoms with E-state index >= 15 is 0 Å². The molecule has 0 aliphatic heterocycles. The maximum Gasteiger partial charge on any atom is 0.319 e. The molecule has 0 saturated heterocycles. The van der Waals surface area contributed by atoms with E-state index in [9.17, 15) is 4.79 Å². The Balaban J connectivity index is 2.24. The van der Waals surface area contributed by atoms with Gasteiger partial charge in [0.1, 0.15) is 0 Å². The van der Waals surface area contributed by atoms with Gasteiger partial charge in [-0.3, -0.25) is 0 Å². The van der Waals surface area contributed by atoms with Crippen molar-refractivity contribution in [3.63, 3.8) is 0 Å². The van der Waals surface area contributed by atoms with E-state index in [1.54, 1.807) is 32.4 Å². The molecule has 0 unspecified atom stereocenters. The van der Waals surface area contributed by atoms with E-state index in [2.05, 4.69) is 24.5 Å². The predicted octanol–water partition coefficient (Wildman–Crippen LogP) is 4.43. The maximum absolute atomic E-state index is 11.9. The molecule has 2 N–H and O–H groups in total. The Labute approximate surface area is 139 Å². The quantitative estimate of drug-likeness (QED) is 0.626. The number of unbranched alkanes of at least 4 members (excludes halogenated alkanes) is 3. The van der Waals surface area contributed by atoms with Gasteiger partial charge in [-0.25, -0.2) is 4.79 Å². The molecule has 0 aromatic heterocycles. The fourth-order valence-electron chi connectivity index (χ4n) is 2.32. The molecule has 130 valence electrons. The molecule has 5 nitrogen and oxygen atoms in total. The number of methoxy groups -OCH3 is 2. The van der Waals surface area contributed by atoms with Gasteiger partial charge in [0, 0.05) is 18.3 Å². The lowest BCUT2D eigenvalue weighted by Gasteiger charge is -2.11. The Hall–Kier alpha value is -1.91. The summed E-state index contributed by atoms with van der Waals surface area (Å²) in [5.41, 5.74) is 0.678. The molecule has 0 bridgehead atoms. The van der Waals surface area contributed by atoms with Gasteiger partial charge in [0.25, 0.3) is 0 Å². The van der Waals surface area contributed by atoms with Gasteiger partial charge in [-0.1, -0.05) is 39.5 Å². The Morgan fingerprint density at radius 2 is 1.74 bits per heavy atom. The normalized spacial score (nSPS) is 10.5. The lowest BCUT2D eigenvalue weighted by atomic mass is 10.0. The second-order valence-electron chi connectivity index (χ2n) is 6.05. The first-order chi connectivity index (χ1) is 11.1. The van der Waals surface area contributed by atoms with Crippen LogP contribution in [0.5, 0.6) is 11.5 Å². The summed E-state index contributed by atoms with van der Waals surface area (Å²) in [6.07, 6.45) is 5.96. The Morgan fingerprint density at radius 3 is 2.39 bits per heavy atom. The number of amides is 2. The van der Waals surface area contributed by atoms with Crippen molar-refractivity contribution in [2.24, 2.45) is 5.92 Å². The molecule has 23 heavy (non-hydrogen) atoms.